The highest BCUT2D eigenvalue weighted by atomic mass is 79.9. The molecule has 2 nitrogen and oxygen atoms in total. The quantitative estimate of drug-likeness (QED) is 0.883. The Morgan fingerprint density at radius 1 is 1.62 bits per heavy atom. The molecule has 0 saturated carbocycles. The fraction of sp³-hybridized carbons (Fsp3) is 0.556. The Balaban J connectivity index is 2.31. The Kier molecular flexibility index (Phi) is 4.94. The number of halogens is 1. The van der Waals surface area contributed by atoms with Crippen molar-refractivity contribution in [2.75, 3.05) is 20.1 Å². The Morgan fingerprint density at radius 2 is 2.38 bits per heavy atom. The van der Waals surface area contributed by atoms with Crippen molar-refractivity contribution in [3.63, 3.8) is 0 Å². The number of nitrogens with zero attached hydrogens (tertiary/aromatic N) is 1. The van der Waals surface area contributed by atoms with Gasteiger partial charge in [0.25, 0.3) is 0 Å². The third kappa shape index (κ3) is 4.22. The van der Waals surface area contributed by atoms with Crippen LogP contribution in [0.3, 0.4) is 0 Å². The molecule has 0 aliphatic carbocycles. The summed E-state index contributed by atoms with van der Waals surface area (Å²) < 4.78 is 1.20. The van der Waals surface area contributed by atoms with Gasteiger partial charge in [-0.2, -0.15) is 0 Å². The van der Waals surface area contributed by atoms with Crippen molar-refractivity contribution in [3.8, 4) is 0 Å². The van der Waals surface area contributed by atoms with Gasteiger partial charge in [0.1, 0.15) is 0 Å². The van der Waals surface area contributed by atoms with Crippen LogP contribution in [0.2, 0.25) is 0 Å². The van der Waals surface area contributed by atoms with Gasteiger partial charge in [-0.05, 0) is 59.5 Å². The van der Waals surface area contributed by atoms with Gasteiger partial charge in [-0.1, -0.05) is 0 Å². The first-order valence-electron chi connectivity index (χ1n) is 4.34. The standard InChI is InChI=1S/C9H15BrN2S/c1-12(4-2-3-11)6-8-5-9(10)13-7-8/h5,7H,2-4,6,11H2,1H3. The van der Waals surface area contributed by atoms with E-state index < -0.39 is 0 Å². The number of nitrogens with two attached hydrogens (primary N) is 1. The molecule has 0 aromatic carbocycles. The van der Waals surface area contributed by atoms with E-state index in [4.69, 9.17) is 5.73 Å². The second-order valence-corrected chi connectivity index (χ2v) is 5.43. The fourth-order valence-corrected chi connectivity index (χ4v) is 2.38. The first-order valence-corrected chi connectivity index (χ1v) is 6.01. The van der Waals surface area contributed by atoms with Gasteiger partial charge in [0, 0.05) is 6.54 Å². The molecule has 0 aliphatic heterocycles. The van der Waals surface area contributed by atoms with Crippen LogP contribution in [0.4, 0.5) is 0 Å². The smallest absolute Gasteiger partial charge is 0.0701 e. The molecule has 2 N–H and O–H groups in total. The maximum atomic E-state index is 5.44. The Bertz CT molecular complexity index is 250. The summed E-state index contributed by atoms with van der Waals surface area (Å²) in [5, 5.41) is 2.18. The number of hydrogen-bond acceptors (Lipinski definition) is 3. The van der Waals surface area contributed by atoms with Gasteiger partial charge in [-0.15, -0.1) is 11.3 Å². The molecule has 0 radical (unpaired) electrons. The van der Waals surface area contributed by atoms with Crippen molar-refractivity contribution in [2.24, 2.45) is 5.73 Å². The van der Waals surface area contributed by atoms with Crippen LogP contribution < -0.4 is 5.73 Å². The maximum Gasteiger partial charge on any atom is 0.0701 e. The minimum absolute atomic E-state index is 0.775. The molecule has 74 valence electrons. The van der Waals surface area contributed by atoms with Gasteiger partial charge in [0.2, 0.25) is 0 Å². The van der Waals surface area contributed by atoms with Gasteiger partial charge >= 0.3 is 0 Å². The van der Waals surface area contributed by atoms with E-state index in [2.05, 4.69) is 39.3 Å². The highest BCUT2D eigenvalue weighted by molar-refractivity contribution is 9.11. The van der Waals surface area contributed by atoms with Crippen LogP contribution in [0.15, 0.2) is 15.2 Å². The van der Waals surface area contributed by atoms with Crippen LogP contribution in [0.1, 0.15) is 12.0 Å². The summed E-state index contributed by atoms with van der Waals surface area (Å²) in [6, 6.07) is 2.17. The predicted molar refractivity (Wildman–Crippen MR) is 62.0 cm³/mol. The second kappa shape index (κ2) is 5.75. The van der Waals surface area contributed by atoms with Crippen molar-refractivity contribution in [2.45, 2.75) is 13.0 Å². The normalized spacial score (nSPS) is 11.1. The van der Waals surface area contributed by atoms with Crippen molar-refractivity contribution in [1.29, 1.82) is 0 Å². The van der Waals surface area contributed by atoms with Crippen molar-refractivity contribution < 1.29 is 0 Å². The van der Waals surface area contributed by atoms with E-state index in [0.717, 1.165) is 26.1 Å². The third-order valence-electron chi connectivity index (χ3n) is 1.82. The van der Waals surface area contributed by atoms with Crippen LogP contribution in [-0.2, 0) is 6.54 Å². The van der Waals surface area contributed by atoms with Crippen LogP contribution in [-0.4, -0.2) is 25.0 Å². The molecule has 0 atom stereocenters. The van der Waals surface area contributed by atoms with E-state index in [9.17, 15) is 0 Å². The summed E-state index contributed by atoms with van der Waals surface area (Å²) in [4.78, 5) is 2.29. The Labute approximate surface area is 91.9 Å². The van der Waals surface area contributed by atoms with Crippen LogP contribution in [0.25, 0.3) is 0 Å². The molecule has 1 aromatic rings. The van der Waals surface area contributed by atoms with E-state index in [0.29, 0.717) is 0 Å². The molecule has 1 heterocycles. The topological polar surface area (TPSA) is 29.3 Å². The summed E-state index contributed by atoms with van der Waals surface area (Å²) in [7, 11) is 2.13. The van der Waals surface area contributed by atoms with Crippen LogP contribution in [0.5, 0.6) is 0 Å². The zero-order valence-corrected chi connectivity index (χ0v) is 10.2. The van der Waals surface area contributed by atoms with Crippen molar-refractivity contribution in [3.05, 3.63) is 20.8 Å². The van der Waals surface area contributed by atoms with E-state index in [-0.39, 0.29) is 0 Å². The van der Waals surface area contributed by atoms with E-state index >= 15 is 0 Å². The minimum atomic E-state index is 0.775. The average Bonchev–Trinajstić information content (AvgIpc) is 2.48. The largest absolute Gasteiger partial charge is 0.330 e. The molecule has 0 fully saturated rings. The second-order valence-electron chi connectivity index (χ2n) is 3.14. The summed E-state index contributed by atoms with van der Waals surface area (Å²) in [5.41, 5.74) is 6.81. The van der Waals surface area contributed by atoms with Crippen LogP contribution in [0, 0.1) is 0 Å². The first kappa shape index (κ1) is 11.2. The van der Waals surface area contributed by atoms with E-state index in [1.807, 2.05) is 0 Å². The number of rotatable bonds is 5. The monoisotopic (exact) mass is 262 g/mol. The van der Waals surface area contributed by atoms with Crippen molar-refractivity contribution >= 4 is 27.3 Å². The SMILES string of the molecule is CN(CCCN)Cc1csc(Br)c1. The Morgan fingerprint density at radius 3 is 2.92 bits per heavy atom. The van der Waals surface area contributed by atoms with Gasteiger partial charge in [-0.25, -0.2) is 0 Å². The molecule has 1 rings (SSSR count). The highest BCUT2D eigenvalue weighted by Gasteiger charge is 2.01. The van der Waals surface area contributed by atoms with Gasteiger partial charge < -0.3 is 10.6 Å². The van der Waals surface area contributed by atoms with E-state index in [1.165, 1.54) is 9.35 Å². The maximum absolute atomic E-state index is 5.44. The zero-order valence-electron chi connectivity index (χ0n) is 7.79. The van der Waals surface area contributed by atoms with Gasteiger partial charge in [0.15, 0.2) is 0 Å². The lowest BCUT2D eigenvalue weighted by Gasteiger charge is -2.14. The number of thiophene rings is 1. The molecule has 4 heteroatoms. The van der Waals surface area contributed by atoms with Gasteiger partial charge in [-0.3, -0.25) is 0 Å². The highest BCUT2D eigenvalue weighted by Crippen LogP contribution is 2.21. The molecule has 0 saturated heterocycles. The lowest BCUT2D eigenvalue weighted by Crippen LogP contribution is -2.20. The molecule has 1 aromatic heterocycles. The lowest BCUT2D eigenvalue weighted by atomic mass is 10.3. The predicted octanol–water partition coefficient (Wildman–Crippen LogP) is 2.29. The minimum Gasteiger partial charge on any atom is -0.330 e. The van der Waals surface area contributed by atoms with Crippen LogP contribution >= 0.6 is 27.3 Å². The fourth-order valence-electron chi connectivity index (χ4n) is 1.18. The molecular formula is C9H15BrN2S. The molecular weight excluding hydrogens is 248 g/mol. The zero-order chi connectivity index (χ0) is 9.68. The Hall–Kier alpha value is 0.100. The molecule has 0 amide bonds. The lowest BCUT2D eigenvalue weighted by molar-refractivity contribution is 0.324. The molecule has 0 aliphatic rings. The molecule has 0 spiro atoms. The summed E-state index contributed by atoms with van der Waals surface area (Å²) >= 11 is 5.19. The third-order valence-corrected chi connectivity index (χ3v) is 3.37. The van der Waals surface area contributed by atoms with Crippen molar-refractivity contribution in [1.82, 2.24) is 4.90 Å². The average molecular weight is 263 g/mol. The summed E-state index contributed by atoms with van der Waals surface area (Å²) in [6.45, 7) is 2.86. The molecule has 0 bridgehead atoms. The molecule has 0 unspecified atom stereocenters. The van der Waals surface area contributed by atoms with E-state index in [1.54, 1.807) is 11.3 Å². The van der Waals surface area contributed by atoms with Gasteiger partial charge in [0.05, 0.1) is 3.79 Å². The summed E-state index contributed by atoms with van der Waals surface area (Å²) in [6.07, 6.45) is 1.07. The number of hydrogen-bond donors (Lipinski definition) is 1. The first-order chi connectivity index (χ1) is 6.22. The molecule has 13 heavy (non-hydrogen) atoms. The summed E-state index contributed by atoms with van der Waals surface area (Å²) in [5.74, 6) is 0.